The van der Waals surface area contributed by atoms with Gasteiger partial charge in [0.1, 0.15) is 13.2 Å². The summed E-state index contributed by atoms with van der Waals surface area (Å²) in [4.78, 5) is 0. The fourth-order valence-corrected chi connectivity index (χ4v) is 1.45. The van der Waals surface area contributed by atoms with Crippen LogP contribution in [0.3, 0.4) is 0 Å². The molecule has 0 radical (unpaired) electrons. The lowest BCUT2D eigenvalue weighted by Gasteiger charge is -2.19. The first-order valence-electron chi connectivity index (χ1n) is 5.02. The van der Waals surface area contributed by atoms with E-state index in [1.807, 2.05) is 18.2 Å². The summed E-state index contributed by atoms with van der Waals surface area (Å²) in [6, 6.07) is 5.84. The Morgan fingerprint density at radius 1 is 1.27 bits per heavy atom. The van der Waals surface area contributed by atoms with Gasteiger partial charge in [0.15, 0.2) is 11.5 Å². The van der Waals surface area contributed by atoms with Gasteiger partial charge in [-0.05, 0) is 12.1 Å². The highest BCUT2D eigenvalue weighted by atomic mass is 16.6. The first-order chi connectivity index (χ1) is 7.40. The van der Waals surface area contributed by atoms with Gasteiger partial charge in [0.25, 0.3) is 0 Å². The molecule has 0 bridgehead atoms. The van der Waals surface area contributed by atoms with Crippen LogP contribution in [0.4, 0.5) is 5.69 Å². The molecule has 1 aromatic rings. The number of benzene rings is 1. The highest BCUT2D eigenvalue weighted by Crippen LogP contribution is 2.32. The highest BCUT2D eigenvalue weighted by Gasteiger charge is 2.11. The zero-order valence-corrected chi connectivity index (χ0v) is 8.79. The van der Waals surface area contributed by atoms with Crippen molar-refractivity contribution in [2.75, 3.05) is 38.8 Å². The monoisotopic (exact) mass is 209 g/mol. The van der Waals surface area contributed by atoms with Gasteiger partial charge in [0.05, 0.1) is 6.61 Å². The molecule has 4 heteroatoms. The van der Waals surface area contributed by atoms with Crippen LogP contribution in [0.15, 0.2) is 18.2 Å². The summed E-state index contributed by atoms with van der Waals surface area (Å²) in [6.45, 7) is 2.72. The SMILES string of the molecule is COCCNc1ccc2c(c1)OCCO2. The van der Waals surface area contributed by atoms with Crippen molar-refractivity contribution in [2.45, 2.75) is 0 Å². The van der Waals surface area contributed by atoms with Crippen LogP contribution in [0, 0.1) is 0 Å². The van der Waals surface area contributed by atoms with Crippen LogP contribution in [0.5, 0.6) is 11.5 Å². The Morgan fingerprint density at radius 3 is 2.87 bits per heavy atom. The van der Waals surface area contributed by atoms with Crippen LogP contribution in [-0.2, 0) is 4.74 Å². The maximum Gasteiger partial charge on any atom is 0.163 e. The topological polar surface area (TPSA) is 39.7 Å². The lowest BCUT2D eigenvalue weighted by atomic mass is 10.2. The van der Waals surface area contributed by atoms with Gasteiger partial charge >= 0.3 is 0 Å². The number of anilines is 1. The minimum absolute atomic E-state index is 0.620. The summed E-state index contributed by atoms with van der Waals surface area (Å²) < 4.78 is 15.9. The molecule has 0 aliphatic carbocycles. The Balaban J connectivity index is 2.00. The molecule has 1 heterocycles. The van der Waals surface area contributed by atoms with Crippen molar-refractivity contribution < 1.29 is 14.2 Å². The van der Waals surface area contributed by atoms with Crippen LogP contribution in [0.25, 0.3) is 0 Å². The molecule has 0 aromatic heterocycles. The Hall–Kier alpha value is -1.42. The summed E-state index contributed by atoms with van der Waals surface area (Å²) in [5, 5.41) is 3.24. The molecule has 2 rings (SSSR count). The second-order valence-corrected chi connectivity index (χ2v) is 3.28. The van der Waals surface area contributed by atoms with Crippen molar-refractivity contribution >= 4 is 5.69 Å². The van der Waals surface area contributed by atoms with Gasteiger partial charge in [0.2, 0.25) is 0 Å². The molecule has 0 saturated carbocycles. The molecule has 1 aliphatic rings. The lowest BCUT2D eigenvalue weighted by molar-refractivity contribution is 0.171. The Kier molecular flexibility index (Phi) is 3.29. The van der Waals surface area contributed by atoms with Gasteiger partial charge in [-0.3, -0.25) is 0 Å². The van der Waals surface area contributed by atoms with E-state index in [0.29, 0.717) is 19.8 Å². The minimum atomic E-state index is 0.620. The van der Waals surface area contributed by atoms with Gasteiger partial charge in [-0.1, -0.05) is 0 Å². The average molecular weight is 209 g/mol. The standard InChI is InChI=1S/C11H15NO3/c1-13-5-4-12-9-2-3-10-11(8-9)15-7-6-14-10/h2-3,8,12H,4-7H2,1H3. The summed E-state index contributed by atoms with van der Waals surface area (Å²) in [5.41, 5.74) is 1.02. The van der Waals surface area contributed by atoms with Crippen molar-refractivity contribution in [3.63, 3.8) is 0 Å². The number of hydrogen-bond donors (Lipinski definition) is 1. The molecule has 15 heavy (non-hydrogen) atoms. The second kappa shape index (κ2) is 4.89. The number of nitrogens with one attached hydrogen (secondary N) is 1. The van der Waals surface area contributed by atoms with E-state index in [9.17, 15) is 0 Å². The van der Waals surface area contributed by atoms with E-state index >= 15 is 0 Å². The van der Waals surface area contributed by atoms with Gasteiger partial charge < -0.3 is 19.5 Å². The van der Waals surface area contributed by atoms with E-state index in [-0.39, 0.29) is 0 Å². The van der Waals surface area contributed by atoms with Crippen LogP contribution in [-0.4, -0.2) is 33.5 Å². The Labute approximate surface area is 89.1 Å². The number of fused-ring (bicyclic) bond motifs is 1. The molecule has 1 aromatic carbocycles. The maximum absolute atomic E-state index is 5.47. The molecule has 0 fully saturated rings. The molecule has 82 valence electrons. The summed E-state index contributed by atoms with van der Waals surface area (Å²) in [7, 11) is 1.69. The number of rotatable bonds is 4. The van der Waals surface area contributed by atoms with Gasteiger partial charge in [-0.15, -0.1) is 0 Å². The maximum atomic E-state index is 5.47. The van der Waals surface area contributed by atoms with Crippen molar-refractivity contribution in [1.29, 1.82) is 0 Å². The molecule has 1 aliphatic heterocycles. The third kappa shape index (κ3) is 2.53. The Bertz CT molecular complexity index is 328. The molecule has 0 spiro atoms. The van der Waals surface area contributed by atoms with E-state index in [2.05, 4.69) is 5.32 Å². The number of methoxy groups -OCH3 is 1. The van der Waals surface area contributed by atoms with E-state index < -0.39 is 0 Å². The van der Waals surface area contributed by atoms with Gasteiger partial charge in [-0.2, -0.15) is 0 Å². The Morgan fingerprint density at radius 2 is 2.07 bits per heavy atom. The van der Waals surface area contributed by atoms with E-state index in [0.717, 1.165) is 23.7 Å². The molecule has 0 atom stereocenters. The third-order valence-corrected chi connectivity index (χ3v) is 2.18. The van der Waals surface area contributed by atoms with E-state index in [1.54, 1.807) is 7.11 Å². The van der Waals surface area contributed by atoms with E-state index in [4.69, 9.17) is 14.2 Å². The van der Waals surface area contributed by atoms with Gasteiger partial charge in [-0.25, -0.2) is 0 Å². The molecule has 4 nitrogen and oxygen atoms in total. The zero-order valence-electron chi connectivity index (χ0n) is 8.79. The molecular weight excluding hydrogens is 194 g/mol. The first kappa shape index (κ1) is 10.1. The molecule has 0 unspecified atom stereocenters. The second-order valence-electron chi connectivity index (χ2n) is 3.28. The third-order valence-electron chi connectivity index (χ3n) is 2.18. The average Bonchev–Trinajstić information content (AvgIpc) is 2.29. The zero-order chi connectivity index (χ0) is 10.5. The summed E-state index contributed by atoms with van der Waals surface area (Å²) >= 11 is 0. The normalized spacial score (nSPS) is 13.7. The fraction of sp³-hybridized carbons (Fsp3) is 0.455. The van der Waals surface area contributed by atoms with Crippen molar-refractivity contribution in [1.82, 2.24) is 0 Å². The van der Waals surface area contributed by atoms with Crippen LogP contribution in [0.1, 0.15) is 0 Å². The van der Waals surface area contributed by atoms with Crippen molar-refractivity contribution in [3.8, 4) is 11.5 Å². The molecular formula is C11H15NO3. The summed E-state index contributed by atoms with van der Waals surface area (Å²) in [5.74, 6) is 1.63. The van der Waals surface area contributed by atoms with Crippen LogP contribution >= 0.6 is 0 Å². The first-order valence-corrected chi connectivity index (χ1v) is 5.02. The number of hydrogen-bond acceptors (Lipinski definition) is 4. The predicted octanol–water partition coefficient (Wildman–Crippen LogP) is 1.52. The smallest absolute Gasteiger partial charge is 0.163 e. The van der Waals surface area contributed by atoms with Crippen LogP contribution < -0.4 is 14.8 Å². The largest absolute Gasteiger partial charge is 0.486 e. The van der Waals surface area contributed by atoms with Crippen molar-refractivity contribution in [3.05, 3.63) is 18.2 Å². The van der Waals surface area contributed by atoms with Crippen molar-refractivity contribution in [2.24, 2.45) is 0 Å². The predicted molar refractivity (Wildman–Crippen MR) is 57.8 cm³/mol. The minimum Gasteiger partial charge on any atom is -0.486 e. The highest BCUT2D eigenvalue weighted by molar-refractivity contribution is 5.55. The quantitative estimate of drug-likeness (QED) is 0.763. The van der Waals surface area contributed by atoms with E-state index in [1.165, 1.54) is 0 Å². The molecule has 0 amide bonds. The fourth-order valence-electron chi connectivity index (χ4n) is 1.45. The van der Waals surface area contributed by atoms with Crippen LogP contribution in [0.2, 0.25) is 0 Å². The summed E-state index contributed by atoms with van der Waals surface area (Å²) in [6.07, 6.45) is 0. The molecule has 0 saturated heterocycles. The molecule has 1 N–H and O–H groups in total. The number of ether oxygens (including phenoxy) is 3. The van der Waals surface area contributed by atoms with Gasteiger partial charge in [0, 0.05) is 25.4 Å². The lowest BCUT2D eigenvalue weighted by Crippen LogP contribution is -2.15.